The van der Waals surface area contributed by atoms with E-state index in [1.807, 2.05) is 36.7 Å². The van der Waals surface area contributed by atoms with Crippen LogP contribution in [0.4, 0.5) is 0 Å². The standard InChI is InChI=1S/C22H26N2Si.C14H13B/c1-3-4-11-18-25(2)22(24-17-16-23-19-24,20-12-7-5-8-13-20)21-14-9-6-10-15-21;1-2-15(13-9-5-3-6-10-13)14-11-7-4-8-12-14/h3,5-10,12-17,19,25H,1,4,11,18H2,2H3;2-12H,1H2. The Morgan fingerprint density at radius 1 is 0.750 bits per heavy atom. The fourth-order valence-corrected chi connectivity index (χ4v) is 9.15. The summed E-state index contributed by atoms with van der Waals surface area (Å²) < 4.78 is 2.34. The molecule has 1 unspecified atom stereocenters. The minimum Gasteiger partial charge on any atom is -0.326 e. The van der Waals surface area contributed by atoms with E-state index in [1.165, 1.54) is 34.5 Å². The molecule has 0 fully saturated rings. The van der Waals surface area contributed by atoms with E-state index in [0.29, 0.717) is 6.71 Å². The zero-order chi connectivity index (χ0) is 28.0. The number of imidazole rings is 1. The van der Waals surface area contributed by atoms with Gasteiger partial charge in [0.25, 0.3) is 0 Å². The topological polar surface area (TPSA) is 17.8 Å². The maximum atomic E-state index is 4.39. The molecule has 0 amide bonds. The molecule has 5 aromatic rings. The molecule has 0 saturated carbocycles. The van der Waals surface area contributed by atoms with Crippen LogP contribution < -0.4 is 10.9 Å². The molecule has 1 heterocycles. The van der Waals surface area contributed by atoms with Gasteiger partial charge in [0.2, 0.25) is 6.71 Å². The third kappa shape index (κ3) is 6.70. The second kappa shape index (κ2) is 14.9. The first-order valence-electron chi connectivity index (χ1n) is 14.1. The lowest BCUT2D eigenvalue weighted by atomic mass is 9.41. The highest BCUT2D eigenvalue weighted by Gasteiger charge is 2.41. The molecule has 4 heteroatoms. The number of nitrogens with zero attached hydrogens (tertiary/aromatic N) is 2. The number of allylic oxidation sites excluding steroid dienone is 1. The average molecular weight is 539 g/mol. The zero-order valence-corrected chi connectivity index (χ0v) is 24.7. The summed E-state index contributed by atoms with van der Waals surface area (Å²) in [5.41, 5.74) is 5.30. The number of unbranched alkanes of at least 4 members (excludes halogenated alkanes) is 1. The Hall–Kier alpha value is -4.15. The molecule has 0 aliphatic rings. The Balaban J connectivity index is 0.000000210. The predicted molar refractivity (Wildman–Crippen MR) is 177 cm³/mol. The van der Waals surface area contributed by atoms with Gasteiger partial charge in [0, 0.05) is 12.4 Å². The van der Waals surface area contributed by atoms with Crippen molar-refractivity contribution in [1.29, 1.82) is 0 Å². The van der Waals surface area contributed by atoms with Crippen molar-refractivity contribution in [1.82, 2.24) is 9.55 Å². The first-order chi connectivity index (χ1) is 19.7. The van der Waals surface area contributed by atoms with Gasteiger partial charge in [0.05, 0.1) is 20.3 Å². The molecule has 0 aliphatic heterocycles. The Bertz CT molecular complexity index is 1330. The van der Waals surface area contributed by atoms with E-state index in [1.54, 1.807) is 0 Å². The molecule has 0 aliphatic carbocycles. The zero-order valence-electron chi connectivity index (χ0n) is 23.5. The van der Waals surface area contributed by atoms with Gasteiger partial charge in [-0.1, -0.05) is 157 Å². The van der Waals surface area contributed by atoms with E-state index in [9.17, 15) is 0 Å². The molecule has 4 aromatic carbocycles. The van der Waals surface area contributed by atoms with Crippen molar-refractivity contribution in [2.75, 3.05) is 0 Å². The number of hydrogen-bond acceptors (Lipinski definition) is 1. The Morgan fingerprint density at radius 2 is 1.23 bits per heavy atom. The number of aromatic nitrogens is 2. The smallest absolute Gasteiger partial charge is 0.233 e. The molecule has 0 bridgehead atoms. The summed E-state index contributed by atoms with van der Waals surface area (Å²) in [6, 6.07) is 44.0. The van der Waals surface area contributed by atoms with E-state index in [-0.39, 0.29) is 5.16 Å². The van der Waals surface area contributed by atoms with E-state index in [0.717, 1.165) is 6.42 Å². The minimum atomic E-state index is -1.26. The highest BCUT2D eigenvalue weighted by atomic mass is 28.3. The largest absolute Gasteiger partial charge is 0.326 e. The molecule has 40 heavy (non-hydrogen) atoms. The van der Waals surface area contributed by atoms with Gasteiger partial charge in [-0.2, -0.15) is 0 Å². The minimum absolute atomic E-state index is 0.125. The molecular weight excluding hydrogens is 499 g/mol. The van der Waals surface area contributed by atoms with Crippen molar-refractivity contribution < 1.29 is 0 Å². The molecule has 0 spiro atoms. The summed E-state index contributed by atoms with van der Waals surface area (Å²) in [5, 5.41) is -0.125. The Kier molecular flexibility index (Phi) is 10.7. The lowest BCUT2D eigenvalue weighted by Gasteiger charge is -2.41. The van der Waals surface area contributed by atoms with Gasteiger partial charge in [0.15, 0.2) is 0 Å². The summed E-state index contributed by atoms with van der Waals surface area (Å²) >= 11 is 0. The van der Waals surface area contributed by atoms with E-state index >= 15 is 0 Å². The summed E-state index contributed by atoms with van der Waals surface area (Å²) in [6.45, 7) is 10.6. The molecular formula is C36H39BN2Si. The second-order valence-electron chi connectivity index (χ2n) is 10.1. The highest BCUT2D eigenvalue weighted by molar-refractivity contribution is 6.89. The molecule has 5 rings (SSSR count). The number of benzene rings is 4. The summed E-state index contributed by atoms with van der Waals surface area (Å²) in [5.74, 6) is 1.99. The Labute approximate surface area is 242 Å². The van der Waals surface area contributed by atoms with Gasteiger partial charge in [-0.05, 0) is 17.5 Å². The molecule has 0 radical (unpaired) electrons. The van der Waals surface area contributed by atoms with Crippen molar-refractivity contribution in [3.05, 3.63) is 176 Å². The third-order valence-electron chi connectivity index (χ3n) is 7.65. The summed E-state index contributed by atoms with van der Waals surface area (Å²) in [4.78, 5) is 4.39. The number of rotatable bonds is 11. The first kappa shape index (κ1) is 28.8. The maximum absolute atomic E-state index is 4.39. The highest BCUT2D eigenvalue weighted by Crippen LogP contribution is 2.38. The average Bonchev–Trinajstić information content (AvgIpc) is 3.56. The molecule has 1 aromatic heterocycles. The fourth-order valence-electron chi connectivity index (χ4n) is 5.70. The first-order valence-corrected chi connectivity index (χ1v) is 16.7. The fraction of sp³-hybridized carbons (Fsp3) is 0.139. The molecule has 0 saturated heterocycles. The van der Waals surface area contributed by atoms with Gasteiger partial charge >= 0.3 is 0 Å². The van der Waals surface area contributed by atoms with Crippen molar-refractivity contribution >= 4 is 26.4 Å². The van der Waals surface area contributed by atoms with Crippen LogP contribution in [0.3, 0.4) is 0 Å². The maximum Gasteiger partial charge on any atom is 0.233 e. The van der Waals surface area contributed by atoms with E-state index in [2.05, 4.69) is 145 Å². The van der Waals surface area contributed by atoms with Crippen molar-refractivity contribution in [3.63, 3.8) is 0 Å². The summed E-state index contributed by atoms with van der Waals surface area (Å²) in [6.07, 6.45) is 10.3. The van der Waals surface area contributed by atoms with Crippen molar-refractivity contribution in [3.8, 4) is 0 Å². The van der Waals surface area contributed by atoms with Crippen LogP contribution in [0.25, 0.3) is 0 Å². The van der Waals surface area contributed by atoms with Crippen LogP contribution in [-0.4, -0.2) is 25.1 Å². The predicted octanol–water partition coefficient (Wildman–Crippen LogP) is 7.06. The molecule has 1 atom stereocenters. The quantitative estimate of drug-likeness (QED) is 0.100. The third-order valence-corrected chi connectivity index (χ3v) is 11.3. The molecule has 0 N–H and O–H groups in total. The van der Waals surface area contributed by atoms with Crippen molar-refractivity contribution in [2.45, 2.75) is 30.6 Å². The lowest BCUT2D eigenvalue weighted by Crippen LogP contribution is -2.48. The molecule has 200 valence electrons. The van der Waals surface area contributed by atoms with Gasteiger partial charge < -0.3 is 4.57 Å². The van der Waals surface area contributed by atoms with Gasteiger partial charge in [-0.25, -0.2) is 4.98 Å². The van der Waals surface area contributed by atoms with Crippen LogP contribution in [0.1, 0.15) is 24.0 Å². The van der Waals surface area contributed by atoms with Gasteiger partial charge in [0.1, 0.15) is 0 Å². The van der Waals surface area contributed by atoms with E-state index in [4.69, 9.17) is 0 Å². The van der Waals surface area contributed by atoms with Crippen LogP contribution in [-0.2, 0) is 5.16 Å². The normalized spacial score (nSPS) is 11.5. The van der Waals surface area contributed by atoms with Crippen molar-refractivity contribution in [2.24, 2.45) is 0 Å². The summed E-state index contributed by atoms with van der Waals surface area (Å²) in [7, 11) is -1.26. The lowest BCUT2D eigenvalue weighted by molar-refractivity contribution is 0.578. The molecule has 2 nitrogen and oxygen atoms in total. The monoisotopic (exact) mass is 538 g/mol. The van der Waals surface area contributed by atoms with Crippen LogP contribution in [0, 0.1) is 0 Å². The van der Waals surface area contributed by atoms with Crippen LogP contribution in [0.15, 0.2) is 165 Å². The SMILES string of the molecule is C=CB(c1ccccc1)c1ccccc1.C=CCCC[SiH](C)C(c1ccccc1)(c1ccccc1)n1ccnc1. The second-order valence-corrected chi connectivity index (χ2v) is 13.3. The number of hydrogen-bond donors (Lipinski definition) is 0. The Morgan fingerprint density at radius 3 is 1.62 bits per heavy atom. The van der Waals surface area contributed by atoms with Gasteiger partial charge in [-0.3, -0.25) is 0 Å². The van der Waals surface area contributed by atoms with Crippen LogP contribution in [0.2, 0.25) is 12.6 Å². The van der Waals surface area contributed by atoms with Gasteiger partial charge in [-0.15, -0.1) is 19.1 Å². The van der Waals surface area contributed by atoms with Crippen LogP contribution >= 0.6 is 0 Å². The van der Waals surface area contributed by atoms with E-state index < -0.39 is 8.80 Å². The van der Waals surface area contributed by atoms with Crippen LogP contribution in [0.5, 0.6) is 0 Å².